The maximum Gasteiger partial charge on any atom is 0.294 e. The summed E-state index contributed by atoms with van der Waals surface area (Å²) in [6.45, 7) is 2.41. The molecular weight excluding hydrogens is 412 g/mol. The van der Waals surface area contributed by atoms with Crippen molar-refractivity contribution >= 4 is 33.2 Å². The molecule has 0 N–H and O–H groups in total. The van der Waals surface area contributed by atoms with Crippen LogP contribution in [0.4, 0.5) is 0 Å². The van der Waals surface area contributed by atoms with Gasteiger partial charge in [-0.3, -0.25) is 0 Å². The Labute approximate surface area is 173 Å². The number of imidazole rings is 1. The first-order chi connectivity index (χ1) is 14.1. The number of fused-ring (bicyclic) bond motifs is 2. The summed E-state index contributed by atoms with van der Waals surface area (Å²) in [5, 5.41) is 9.51. The van der Waals surface area contributed by atoms with E-state index in [9.17, 15) is 0 Å². The molecule has 0 atom stereocenters. The Morgan fingerprint density at radius 1 is 1.03 bits per heavy atom. The summed E-state index contributed by atoms with van der Waals surface area (Å²) in [5.74, 6) is 1.31. The maximum absolute atomic E-state index is 6.06. The van der Waals surface area contributed by atoms with Crippen LogP contribution in [-0.4, -0.2) is 43.4 Å². The maximum atomic E-state index is 6.06. The highest BCUT2D eigenvalue weighted by atomic mass is 32.1. The molecule has 0 aromatic carbocycles. The molecule has 0 aliphatic heterocycles. The number of ether oxygens (including phenoxy) is 3. The zero-order valence-corrected chi connectivity index (χ0v) is 17.5. The minimum Gasteiger partial charge on any atom is -0.495 e. The van der Waals surface area contributed by atoms with Gasteiger partial charge >= 0.3 is 0 Å². The number of thiazole rings is 1. The van der Waals surface area contributed by atoms with E-state index in [0.29, 0.717) is 29.0 Å². The van der Waals surface area contributed by atoms with Crippen molar-refractivity contribution in [3.63, 3.8) is 0 Å². The number of aromatic nitrogens is 6. The molecule has 11 heteroatoms. The van der Waals surface area contributed by atoms with E-state index in [4.69, 9.17) is 14.2 Å². The summed E-state index contributed by atoms with van der Waals surface area (Å²) >= 11 is 2.97. The fourth-order valence-corrected chi connectivity index (χ4v) is 4.18. The molecule has 0 saturated carbocycles. The Bertz CT molecular complexity index is 1290. The van der Waals surface area contributed by atoms with Crippen molar-refractivity contribution in [1.29, 1.82) is 0 Å². The molecule has 5 aromatic heterocycles. The zero-order valence-electron chi connectivity index (χ0n) is 15.8. The third kappa shape index (κ3) is 3.17. The lowest BCUT2D eigenvalue weighted by atomic mass is 10.3. The van der Waals surface area contributed by atoms with Crippen LogP contribution in [0.3, 0.4) is 0 Å². The Morgan fingerprint density at radius 2 is 1.93 bits per heavy atom. The number of methoxy groups -OCH3 is 2. The summed E-state index contributed by atoms with van der Waals surface area (Å²) in [6.07, 6.45) is 3.63. The molecule has 29 heavy (non-hydrogen) atoms. The number of aryl methyl sites for hydroxylation is 1. The van der Waals surface area contributed by atoms with Gasteiger partial charge in [-0.05, 0) is 24.3 Å². The molecule has 148 valence electrons. The number of pyridine rings is 1. The van der Waals surface area contributed by atoms with Gasteiger partial charge in [0.2, 0.25) is 4.96 Å². The molecule has 9 nitrogen and oxygen atoms in total. The average Bonchev–Trinajstić information content (AvgIpc) is 3.47. The van der Waals surface area contributed by atoms with Crippen LogP contribution >= 0.6 is 22.7 Å². The molecule has 0 amide bonds. The van der Waals surface area contributed by atoms with E-state index in [-0.39, 0.29) is 0 Å². The van der Waals surface area contributed by atoms with Gasteiger partial charge in [0.15, 0.2) is 0 Å². The average molecular weight is 428 g/mol. The van der Waals surface area contributed by atoms with E-state index in [2.05, 4.69) is 20.2 Å². The zero-order chi connectivity index (χ0) is 20.0. The van der Waals surface area contributed by atoms with E-state index in [0.717, 1.165) is 26.7 Å². The van der Waals surface area contributed by atoms with E-state index in [1.807, 2.05) is 30.8 Å². The van der Waals surface area contributed by atoms with Gasteiger partial charge in [0.05, 0.1) is 37.8 Å². The molecular formula is C18H16N6O3S2. The Morgan fingerprint density at radius 3 is 2.66 bits per heavy atom. The summed E-state index contributed by atoms with van der Waals surface area (Å²) in [4.78, 5) is 10.8. The highest BCUT2D eigenvalue weighted by Gasteiger charge is 2.16. The number of hydrogen-bond acceptors (Lipinski definition) is 9. The van der Waals surface area contributed by atoms with E-state index < -0.39 is 0 Å². The lowest BCUT2D eigenvalue weighted by Crippen LogP contribution is -2.00. The van der Waals surface area contributed by atoms with Crippen LogP contribution in [0, 0.1) is 6.92 Å². The second kappa shape index (κ2) is 7.01. The summed E-state index contributed by atoms with van der Waals surface area (Å²) in [6, 6.07) is 3.78. The van der Waals surface area contributed by atoms with Gasteiger partial charge in [0, 0.05) is 10.9 Å². The molecule has 0 spiro atoms. The van der Waals surface area contributed by atoms with Crippen LogP contribution in [0.15, 0.2) is 30.0 Å². The first-order valence-electron chi connectivity index (χ1n) is 8.64. The molecule has 0 saturated heterocycles. The van der Waals surface area contributed by atoms with Gasteiger partial charge in [-0.2, -0.15) is 5.10 Å². The molecule has 5 heterocycles. The first kappa shape index (κ1) is 17.9. The van der Waals surface area contributed by atoms with Crippen molar-refractivity contribution < 1.29 is 14.2 Å². The Kier molecular flexibility index (Phi) is 4.32. The van der Waals surface area contributed by atoms with Gasteiger partial charge in [-0.15, -0.1) is 16.4 Å². The van der Waals surface area contributed by atoms with E-state index >= 15 is 0 Å². The highest BCUT2D eigenvalue weighted by molar-refractivity contribution is 7.18. The van der Waals surface area contributed by atoms with Crippen molar-refractivity contribution in [1.82, 2.24) is 29.2 Å². The van der Waals surface area contributed by atoms with Crippen LogP contribution in [-0.2, 0) is 6.61 Å². The molecule has 0 radical (unpaired) electrons. The van der Waals surface area contributed by atoms with Crippen molar-refractivity contribution in [2.75, 3.05) is 14.2 Å². The lowest BCUT2D eigenvalue weighted by Gasteiger charge is -2.09. The molecule has 5 rings (SSSR count). The van der Waals surface area contributed by atoms with Crippen molar-refractivity contribution in [3.05, 3.63) is 40.6 Å². The Hall–Kier alpha value is -3.18. The van der Waals surface area contributed by atoms with Gasteiger partial charge in [0.1, 0.15) is 35.0 Å². The minimum atomic E-state index is 0.378. The van der Waals surface area contributed by atoms with E-state index in [1.54, 1.807) is 40.8 Å². The molecule has 0 bridgehead atoms. The summed E-state index contributed by atoms with van der Waals surface area (Å²) in [7, 11) is 3.20. The predicted molar refractivity (Wildman–Crippen MR) is 109 cm³/mol. The van der Waals surface area contributed by atoms with Crippen molar-refractivity contribution in [2.24, 2.45) is 0 Å². The monoisotopic (exact) mass is 428 g/mol. The van der Waals surface area contributed by atoms with Gasteiger partial charge in [0.25, 0.3) is 5.19 Å². The fourth-order valence-electron chi connectivity index (χ4n) is 2.89. The summed E-state index contributed by atoms with van der Waals surface area (Å²) in [5.41, 5.74) is 4.99. The first-order valence-corrected chi connectivity index (χ1v) is 10.3. The standard InChI is InChI=1S/C18H16N6O3S2/c1-10-14(19-9-28-10)8-27-16-4-11(25-2)6-23-15(16)5-12(21-23)13-7-24-17(20-13)29-18(22-24)26-3/h4-7,9H,8H2,1-3H3. The lowest BCUT2D eigenvalue weighted by molar-refractivity contribution is 0.301. The van der Waals surface area contributed by atoms with Crippen LogP contribution in [0.1, 0.15) is 10.6 Å². The van der Waals surface area contributed by atoms with Crippen LogP contribution in [0.25, 0.3) is 21.9 Å². The number of rotatable bonds is 6. The normalized spacial score (nSPS) is 11.4. The third-order valence-corrected chi connectivity index (χ3v) is 6.10. The predicted octanol–water partition coefficient (Wildman–Crippen LogP) is 3.47. The second-order valence-corrected chi connectivity index (χ2v) is 8.15. The van der Waals surface area contributed by atoms with Crippen molar-refractivity contribution in [2.45, 2.75) is 13.5 Å². The van der Waals surface area contributed by atoms with Crippen LogP contribution in [0.5, 0.6) is 16.7 Å². The SMILES string of the molecule is COc1cc(OCc2ncsc2C)c2cc(-c3cn4nc(OC)sc4n3)nn2c1. The smallest absolute Gasteiger partial charge is 0.294 e. The van der Waals surface area contributed by atoms with Gasteiger partial charge in [-0.1, -0.05) is 0 Å². The van der Waals surface area contributed by atoms with Crippen molar-refractivity contribution in [3.8, 4) is 28.1 Å². The highest BCUT2D eigenvalue weighted by Crippen LogP contribution is 2.31. The minimum absolute atomic E-state index is 0.378. The molecule has 0 aliphatic rings. The topological polar surface area (TPSA) is 88.1 Å². The van der Waals surface area contributed by atoms with E-state index in [1.165, 1.54) is 11.3 Å². The van der Waals surface area contributed by atoms with Gasteiger partial charge < -0.3 is 14.2 Å². The molecule has 0 fully saturated rings. The quantitative estimate of drug-likeness (QED) is 0.409. The molecule has 5 aromatic rings. The number of hydrogen-bond donors (Lipinski definition) is 0. The summed E-state index contributed by atoms with van der Waals surface area (Å²) < 4.78 is 20.0. The second-order valence-electron chi connectivity index (χ2n) is 6.17. The largest absolute Gasteiger partial charge is 0.495 e. The van der Waals surface area contributed by atoms with Crippen LogP contribution < -0.4 is 14.2 Å². The Balaban J connectivity index is 1.53. The number of nitrogens with zero attached hydrogens (tertiary/aromatic N) is 6. The molecule has 0 aliphatic carbocycles. The van der Waals surface area contributed by atoms with Crippen LogP contribution in [0.2, 0.25) is 0 Å². The third-order valence-electron chi connectivity index (χ3n) is 4.42. The molecule has 0 unspecified atom stereocenters. The fraction of sp³-hybridized carbons (Fsp3) is 0.222. The van der Waals surface area contributed by atoms with Gasteiger partial charge in [-0.25, -0.2) is 19.0 Å².